The molecule has 0 aliphatic heterocycles. The van der Waals surface area contributed by atoms with E-state index in [0.29, 0.717) is 5.89 Å². The molecular weight excluding hydrogens is 357 g/mol. The quantitative estimate of drug-likeness (QED) is 0.660. The van der Waals surface area contributed by atoms with Gasteiger partial charge in [0.1, 0.15) is 11.6 Å². The van der Waals surface area contributed by atoms with Gasteiger partial charge in [-0.25, -0.2) is 4.39 Å². The van der Waals surface area contributed by atoms with E-state index in [4.69, 9.17) is 9.15 Å². The molecule has 0 radical (unpaired) electrons. The van der Waals surface area contributed by atoms with Crippen molar-refractivity contribution in [3.8, 4) is 17.2 Å². The van der Waals surface area contributed by atoms with Crippen molar-refractivity contribution in [2.45, 2.75) is 12.1 Å². The molecule has 0 spiro atoms. The van der Waals surface area contributed by atoms with Crippen LogP contribution in [0.3, 0.4) is 0 Å². The number of benzene rings is 2. The minimum absolute atomic E-state index is 0.0254. The number of hydrogen-bond acceptors (Lipinski definition) is 6. The van der Waals surface area contributed by atoms with E-state index >= 15 is 0 Å². The Hall–Kier alpha value is -2.87. The van der Waals surface area contributed by atoms with Gasteiger partial charge < -0.3 is 14.5 Å². The van der Waals surface area contributed by atoms with Crippen molar-refractivity contribution >= 4 is 23.4 Å². The summed E-state index contributed by atoms with van der Waals surface area (Å²) in [6, 6.07) is 11.7. The van der Waals surface area contributed by atoms with E-state index in [1.54, 1.807) is 43.5 Å². The fraction of sp³-hybridized carbons (Fsp3) is 0.167. The maximum Gasteiger partial charge on any atom is 0.277 e. The molecule has 0 aliphatic carbocycles. The van der Waals surface area contributed by atoms with Gasteiger partial charge in [0, 0.05) is 5.56 Å². The number of ether oxygens (including phenoxy) is 1. The number of amides is 1. The van der Waals surface area contributed by atoms with Gasteiger partial charge in [-0.2, -0.15) is 0 Å². The maximum atomic E-state index is 13.7. The van der Waals surface area contributed by atoms with Crippen molar-refractivity contribution in [2.75, 3.05) is 18.2 Å². The van der Waals surface area contributed by atoms with Gasteiger partial charge in [0.2, 0.25) is 11.8 Å². The number of carbonyl (C=O) groups is 1. The molecular formula is C18H16FN3O3S. The molecule has 3 rings (SSSR count). The minimum Gasteiger partial charge on any atom is -0.497 e. The smallest absolute Gasteiger partial charge is 0.277 e. The monoisotopic (exact) mass is 373 g/mol. The lowest BCUT2D eigenvalue weighted by molar-refractivity contribution is -0.113. The van der Waals surface area contributed by atoms with Crippen LogP contribution < -0.4 is 10.1 Å². The van der Waals surface area contributed by atoms with Crippen LogP contribution in [0.2, 0.25) is 0 Å². The Bertz CT molecular complexity index is 912. The van der Waals surface area contributed by atoms with Crippen LogP contribution in [0, 0.1) is 12.7 Å². The zero-order valence-electron chi connectivity index (χ0n) is 14.2. The van der Waals surface area contributed by atoms with Gasteiger partial charge in [-0.05, 0) is 48.9 Å². The molecule has 0 saturated carbocycles. The van der Waals surface area contributed by atoms with Crippen LogP contribution in [0.25, 0.3) is 11.5 Å². The van der Waals surface area contributed by atoms with Crippen LogP contribution in [0.4, 0.5) is 10.1 Å². The second-order valence-electron chi connectivity index (χ2n) is 5.42. The Balaban J connectivity index is 1.58. The van der Waals surface area contributed by atoms with E-state index in [0.717, 1.165) is 28.6 Å². The number of carbonyl (C=O) groups excluding carboxylic acids is 1. The molecule has 0 fully saturated rings. The van der Waals surface area contributed by atoms with E-state index in [-0.39, 0.29) is 22.6 Å². The summed E-state index contributed by atoms with van der Waals surface area (Å²) in [6.45, 7) is 1.82. The number of halogens is 1. The summed E-state index contributed by atoms with van der Waals surface area (Å²) in [5, 5.41) is 10.7. The Morgan fingerprint density at radius 2 is 2.00 bits per heavy atom. The predicted octanol–water partition coefficient (Wildman–Crippen LogP) is 3.92. The largest absolute Gasteiger partial charge is 0.497 e. The lowest BCUT2D eigenvalue weighted by atomic mass is 10.2. The molecule has 1 N–H and O–H groups in total. The van der Waals surface area contributed by atoms with Gasteiger partial charge in [0.15, 0.2) is 0 Å². The molecule has 134 valence electrons. The Morgan fingerprint density at radius 1 is 1.23 bits per heavy atom. The molecule has 0 saturated heterocycles. The first-order valence-electron chi connectivity index (χ1n) is 7.72. The zero-order valence-corrected chi connectivity index (χ0v) is 15.0. The first kappa shape index (κ1) is 17.9. The van der Waals surface area contributed by atoms with Crippen LogP contribution in [0.15, 0.2) is 52.1 Å². The summed E-state index contributed by atoms with van der Waals surface area (Å²) in [4.78, 5) is 12.0. The molecule has 2 aromatic carbocycles. The van der Waals surface area contributed by atoms with E-state index in [9.17, 15) is 9.18 Å². The van der Waals surface area contributed by atoms with E-state index in [1.807, 2.05) is 6.92 Å². The minimum atomic E-state index is -0.478. The number of thioether (sulfide) groups is 1. The number of rotatable bonds is 6. The Kier molecular flexibility index (Phi) is 5.52. The number of nitrogens with one attached hydrogen (secondary N) is 1. The highest BCUT2D eigenvalue weighted by Crippen LogP contribution is 2.25. The number of methoxy groups -OCH3 is 1. The Labute approximate surface area is 153 Å². The topological polar surface area (TPSA) is 77.2 Å². The van der Waals surface area contributed by atoms with Gasteiger partial charge in [0.05, 0.1) is 18.6 Å². The van der Waals surface area contributed by atoms with E-state index in [2.05, 4.69) is 15.5 Å². The number of aryl methyl sites for hydroxylation is 1. The third-order valence-electron chi connectivity index (χ3n) is 3.47. The van der Waals surface area contributed by atoms with Crippen LogP contribution in [-0.2, 0) is 4.79 Å². The summed E-state index contributed by atoms with van der Waals surface area (Å²) in [7, 11) is 1.59. The highest BCUT2D eigenvalue weighted by Gasteiger charge is 2.13. The number of nitrogens with zero attached hydrogens (tertiary/aromatic N) is 2. The van der Waals surface area contributed by atoms with Crippen molar-refractivity contribution in [1.29, 1.82) is 0 Å². The van der Waals surface area contributed by atoms with Gasteiger partial charge in [-0.1, -0.05) is 17.8 Å². The van der Waals surface area contributed by atoms with Crippen LogP contribution in [0.5, 0.6) is 5.75 Å². The molecule has 1 aromatic heterocycles. The second-order valence-corrected chi connectivity index (χ2v) is 6.35. The second kappa shape index (κ2) is 8.01. The fourth-order valence-corrected chi connectivity index (χ4v) is 2.73. The molecule has 26 heavy (non-hydrogen) atoms. The Morgan fingerprint density at radius 3 is 2.73 bits per heavy atom. The van der Waals surface area contributed by atoms with Gasteiger partial charge in [-0.3, -0.25) is 4.79 Å². The highest BCUT2D eigenvalue weighted by molar-refractivity contribution is 7.99. The van der Waals surface area contributed by atoms with Gasteiger partial charge in [0.25, 0.3) is 5.22 Å². The molecule has 8 heteroatoms. The summed E-state index contributed by atoms with van der Waals surface area (Å²) in [5.41, 5.74) is 1.76. The lowest BCUT2D eigenvalue weighted by Gasteiger charge is -2.06. The fourth-order valence-electron chi connectivity index (χ4n) is 2.17. The molecule has 0 atom stereocenters. The van der Waals surface area contributed by atoms with Crippen molar-refractivity contribution in [3.63, 3.8) is 0 Å². The average Bonchev–Trinajstić information content (AvgIpc) is 3.12. The van der Waals surface area contributed by atoms with Crippen LogP contribution in [-0.4, -0.2) is 29.0 Å². The zero-order chi connectivity index (χ0) is 18.5. The van der Waals surface area contributed by atoms with Crippen LogP contribution in [0.1, 0.15) is 5.56 Å². The van der Waals surface area contributed by atoms with Crippen molar-refractivity contribution in [3.05, 3.63) is 53.8 Å². The van der Waals surface area contributed by atoms with Crippen LogP contribution >= 0.6 is 11.8 Å². The molecule has 1 amide bonds. The summed E-state index contributed by atoms with van der Waals surface area (Å²) < 4.78 is 24.3. The number of hydrogen-bond donors (Lipinski definition) is 1. The molecule has 1 heterocycles. The summed E-state index contributed by atoms with van der Waals surface area (Å²) >= 11 is 1.08. The number of aromatic nitrogens is 2. The predicted molar refractivity (Wildman–Crippen MR) is 96.8 cm³/mol. The molecule has 3 aromatic rings. The molecule has 0 unspecified atom stereocenters. The lowest BCUT2D eigenvalue weighted by Crippen LogP contribution is -2.15. The van der Waals surface area contributed by atoms with E-state index < -0.39 is 5.82 Å². The first-order chi connectivity index (χ1) is 12.5. The van der Waals surface area contributed by atoms with Gasteiger partial charge in [-0.15, -0.1) is 10.2 Å². The normalized spacial score (nSPS) is 10.6. The SMILES string of the molecule is COc1ccc(-c2nnc(SCC(=O)Nc3cc(C)ccc3F)o2)cc1. The van der Waals surface area contributed by atoms with Gasteiger partial charge >= 0.3 is 0 Å². The number of anilines is 1. The molecule has 0 bridgehead atoms. The van der Waals surface area contributed by atoms with Crippen molar-refractivity contribution in [1.82, 2.24) is 10.2 Å². The standard InChI is InChI=1S/C18H16FN3O3S/c1-11-3-8-14(19)15(9-11)20-16(23)10-26-18-22-21-17(25-18)12-4-6-13(24-2)7-5-12/h3-9H,10H2,1-2H3,(H,20,23). The molecule has 6 nitrogen and oxygen atoms in total. The third-order valence-corrected chi connectivity index (χ3v) is 4.28. The van der Waals surface area contributed by atoms with Crippen molar-refractivity contribution < 1.29 is 18.3 Å². The average molecular weight is 373 g/mol. The first-order valence-corrected chi connectivity index (χ1v) is 8.70. The van der Waals surface area contributed by atoms with E-state index in [1.165, 1.54) is 6.07 Å². The summed E-state index contributed by atoms with van der Waals surface area (Å²) in [5.74, 6) is 0.262. The maximum absolute atomic E-state index is 13.7. The third kappa shape index (κ3) is 4.40. The highest BCUT2D eigenvalue weighted by atomic mass is 32.2. The summed E-state index contributed by atoms with van der Waals surface area (Å²) in [6.07, 6.45) is 0. The molecule has 0 aliphatic rings. The van der Waals surface area contributed by atoms with Crippen molar-refractivity contribution in [2.24, 2.45) is 0 Å².